The second kappa shape index (κ2) is 30.3. The summed E-state index contributed by atoms with van der Waals surface area (Å²) in [6, 6.07) is 3.47. The van der Waals surface area contributed by atoms with Crippen LogP contribution in [0.15, 0.2) is 36.4 Å². The first-order valence-corrected chi connectivity index (χ1v) is 25.3. The molecule has 0 unspecified atom stereocenters. The number of fused-ring (bicyclic) bond motifs is 5. The van der Waals surface area contributed by atoms with Crippen molar-refractivity contribution in [3.8, 4) is 22.6 Å². The fraction of sp³-hybridized carbons (Fsp3) is 0.642. The van der Waals surface area contributed by atoms with Crippen molar-refractivity contribution in [3.63, 3.8) is 0 Å². The predicted molar refractivity (Wildman–Crippen MR) is 265 cm³/mol. The Morgan fingerprint density at radius 1 is 0.710 bits per heavy atom. The third-order valence-electron chi connectivity index (χ3n) is 13.3. The third-order valence-corrected chi connectivity index (χ3v) is 13.3. The highest BCUT2D eigenvalue weighted by Gasteiger charge is 2.34. The average molecular weight is 964 g/mol. The number of phenols is 2. The first kappa shape index (κ1) is 58.0. The van der Waals surface area contributed by atoms with E-state index in [2.05, 4.69) is 22.9 Å². The molecule has 3 rings (SSSR count). The van der Waals surface area contributed by atoms with Gasteiger partial charge in [0.05, 0.1) is 25.3 Å². The van der Waals surface area contributed by atoms with Crippen molar-refractivity contribution < 1.29 is 54.0 Å². The lowest BCUT2D eigenvalue weighted by Gasteiger charge is -2.30. The van der Waals surface area contributed by atoms with Crippen LogP contribution in [0.1, 0.15) is 167 Å². The van der Waals surface area contributed by atoms with Crippen LogP contribution in [0.5, 0.6) is 11.5 Å². The number of Topliss-reactive ketones (excluding diaryl/α,β-unsaturated/α-hetero) is 2. The fourth-order valence-electron chi connectivity index (χ4n) is 8.80. The molecule has 384 valence electrons. The topological polar surface area (TPSA) is 243 Å². The van der Waals surface area contributed by atoms with Crippen LogP contribution in [0.25, 0.3) is 11.1 Å². The maximum Gasteiger partial charge on any atom is 0.245 e. The van der Waals surface area contributed by atoms with E-state index in [0.717, 1.165) is 24.2 Å². The molecule has 0 aromatic heterocycles. The molecular formula is C53H81N5O11. The molecule has 5 amide bonds. The van der Waals surface area contributed by atoms with Gasteiger partial charge in [0.1, 0.15) is 29.6 Å². The zero-order valence-corrected chi connectivity index (χ0v) is 42.0. The van der Waals surface area contributed by atoms with Crippen LogP contribution >= 0.6 is 0 Å². The van der Waals surface area contributed by atoms with E-state index in [-0.39, 0.29) is 72.8 Å². The lowest BCUT2D eigenvalue weighted by molar-refractivity contribution is -0.142. The number of likely N-dealkylation sites (N-methyl/N-ethyl adjacent to an activating group) is 2. The highest BCUT2D eigenvalue weighted by atomic mass is 16.3. The van der Waals surface area contributed by atoms with Crippen LogP contribution in [0.2, 0.25) is 0 Å². The van der Waals surface area contributed by atoms with Crippen LogP contribution in [0, 0.1) is 5.92 Å². The minimum Gasteiger partial charge on any atom is -0.507 e. The number of carbonyl (C=O) groups excluding carboxylic acids is 7. The molecule has 2 aromatic carbocycles. The number of unbranched alkanes of at least 4 members (excludes halogenated alkanes) is 12. The van der Waals surface area contributed by atoms with Crippen molar-refractivity contribution >= 4 is 41.1 Å². The molecule has 16 nitrogen and oxygen atoms in total. The van der Waals surface area contributed by atoms with Gasteiger partial charge in [-0.25, -0.2) is 0 Å². The molecule has 2 aromatic rings. The summed E-state index contributed by atoms with van der Waals surface area (Å²) in [7, 11) is 2.82. The highest BCUT2D eigenvalue weighted by Crippen LogP contribution is 2.39. The first-order chi connectivity index (χ1) is 33.0. The van der Waals surface area contributed by atoms with Gasteiger partial charge in [-0.1, -0.05) is 116 Å². The Bertz CT molecular complexity index is 2010. The van der Waals surface area contributed by atoms with Crippen LogP contribution < -0.4 is 16.0 Å². The second-order valence-electron chi connectivity index (χ2n) is 18.9. The van der Waals surface area contributed by atoms with Crippen LogP contribution in [-0.4, -0.2) is 123 Å². The summed E-state index contributed by atoms with van der Waals surface area (Å²) >= 11 is 0. The minimum absolute atomic E-state index is 0.0184. The number of aliphatic hydroxyl groups is 2. The minimum atomic E-state index is -1.32. The van der Waals surface area contributed by atoms with Gasteiger partial charge >= 0.3 is 0 Å². The van der Waals surface area contributed by atoms with E-state index in [1.165, 1.54) is 115 Å². The van der Waals surface area contributed by atoms with Gasteiger partial charge in [0.15, 0.2) is 11.6 Å². The van der Waals surface area contributed by atoms with E-state index in [4.69, 9.17) is 0 Å². The van der Waals surface area contributed by atoms with Crippen LogP contribution in [0.3, 0.4) is 0 Å². The number of ketones is 2. The molecule has 7 N–H and O–H groups in total. The quantitative estimate of drug-likeness (QED) is 0.0465. The molecule has 6 atom stereocenters. The van der Waals surface area contributed by atoms with E-state index in [1.54, 1.807) is 12.1 Å². The molecule has 1 aliphatic rings. The number of rotatable bonds is 28. The molecule has 1 heterocycles. The van der Waals surface area contributed by atoms with Gasteiger partial charge < -0.3 is 46.2 Å². The van der Waals surface area contributed by atoms with Crippen molar-refractivity contribution in [2.45, 2.75) is 186 Å². The third kappa shape index (κ3) is 18.5. The van der Waals surface area contributed by atoms with E-state index >= 15 is 0 Å². The molecule has 0 fully saturated rings. The van der Waals surface area contributed by atoms with E-state index in [0.29, 0.717) is 24.8 Å². The number of nitrogens with one attached hydrogen (secondary N) is 3. The van der Waals surface area contributed by atoms with Gasteiger partial charge in [-0.15, -0.1) is 0 Å². The molecule has 0 aliphatic carbocycles. The van der Waals surface area contributed by atoms with Crippen molar-refractivity contribution in [3.05, 3.63) is 47.5 Å². The monoisotopic (exact) mass is 964 g/mol. The average Bonchev–Trinajstić information content (AvgIpc) is 3.32. The van der Waals surface area contributed by atoms with E-state index in [1.807, 2.05) is 6.92 Å². The molecule has 4 bridgehead atoms. The number of benzene rings is 2. The van der Waals surface area contributed by atoms with Gasteiger partial charge in [0.25, 0.3) is 0 Å². The molecule has 1 aliphatic heterocycles. The van der Waals surface area contributed by atoms with Gasteiger partial charge in [-0.3, -0.25) is 33.6 Å². The van der Waals surface area contributed by atoms with Gasteiger partial charge in [0.2, 0.25) is 29.5 Å². The van der Waals surface area contributed by atoms with E-state index < -0.39 is 77.9 Å². The Balaban J connectivity index is 1.66. The summed E-state index contributed by atoms with van der Waals surface area (Å²) in [6.07, 6.45) is 15.5. The Morgan fingerprint density at radius 2 is 1.29 bits per heavy atom. The molecule has 69 heavy (non-hydrogen) atoms. The Morgan fingerprint density at radius 3 is 1.87 bits per heavy atom. The van der Waals surface area contributed by atoms with E-state index in [9.17, 15) is 54.0 Å². The summed E-state index contributed by atoms with van der Waals surface area (Å²) in [5.41, 5.74) is 1.09. The molecule has 0 saturated heterocycles. The number of aliphatic hydroxyl groups excluding tert-OH is 2. The standard InChI is InChI=1S/C53H81N5O11/c1-7-9-10-11-12-13-14-15-16-17-18-19-20-22-48(65)57(5)43(34-60)53(69)54-36(4)44(61)27-28-49(66)58(6)50-38-24-26-46(63)41(32-38)40-30-37(23-25-45(40)62)31-42(52(68)55-39(33-59)21-8-2)56-51(67)35(3)29-47(50)64/h23-26,30,32,35-36,39,42-43,50,59-60,62-63H,7-22,27-29,31,33-34H2,1-6H3,(H,54,69)(H,55,68)(H,56,67)/t35-,36-,39+,42+,43-,50+/m1/s1. The Kier molecular flexibility index (Phi) is 25.5. The summed E-state index contributed by atoms with van der Waals surface area (Å²) in [4.78, 5) is 97.3. The molecule has 16 heteroatoms. The maximum absolute atomic E-state index is 14.3. The highest BCUT2D eigenvalue weighted by molar-refractivity contribution is 5.97. The first-order valence-electron chi connectivity index (χ1n) is 25.3. The molecular weight excluding hydrogens is 883 g/mol. The number of amides is 5. The Hall–Kier alpha value is -5.35. The van der Waals surface area contributed by atoms with Gasteiger partial charge in [-0.2, -0.15) is 0 Å². The predicted octanol–water partition coefficient (Wildman–Crippen LogP) is 6.33. The number of carbonyl (C=O) groups is 7. The SMILES string of the molecule is CCCCCCCCCCCCCCCC(=O)N(C)[C@H](CO)C(=O)N[C@H](C)C(=O)CCC(=O)N(C)[C@@H]1C(=O)C[C@@H](C)C(=O)N[C@H](C(=O)N[C@H](CO)CCC)Cc2ccc(O)c(c2)-c2cc1ccc2O. The number of aromatic hydroxyl groups is 2. The Labute approximate surface area is 409 Å². The zero-order valence-electron chi connectivity index (χ0n) is 42.0. The lowest BCUT2D eigenvalue weighted by atomic mass is 9.89. The van der Waals surface area contributed by atoms with Crippen LogP contribution in [0.4, 0.5) is 0 Å². The number of phenolic OH excluding ortho intramolecular Hbond substituents is 2. The second-order valence-corrected chi connectivity index (χ2v) is 18.9. The fourth-order valence-corrected chi connectivity index (χ4v) is 8.80. The van der Waals surface area contributed by atoms with Crippen molar-refractivity contribution in [2.24, 2.45) is 5.92 Å². The van der Waals surface area contributed by atoms with Gasteiger partial charge in [-0.05, 0) is 55.2 Å². The number of nitrogens with zero attached hydrogens (tertiary/aromatic N) is 2. The van der Waals surface area contributed by atoms with Crippen LogP contribution in [-0.2, 0) is 40.0 Å². The molecule has 0 radical (unpaired) electrons. The maximum atomic E-state index is 14.3. The normalized spacial score (nSPS) is 17.4. The summed E-state index contributed by atoms with van der Waals surface area (Å²) in [5, 5.41) is 50.1. The van der Waals surface area contributed by atoms with Crippen molar-refractivity contribution in [1.29, 1.82) is 0 Å². The van der Waals surface area contributed by atoms with Crippen molar-refractivity contribution in [1.82, 2.24) is 25.8 Å². The smallest absolute Gasteiger partial charge is 0.245 e. The zero-order chi connectivity index (χ0) is 51.0. The molecule has 0 saturated carbocycles. The number of hydrogen-bond donors (Lipinski definition) is 7. The summed E-state index contributed by atoms with van der Waals surface area (Å²) in [6.45, 7) is 6.12. The lowest BCUT2D eigenvalue weighted by Crippen LogP contribution is -2.53. The van der Waals surface area contributed by atoms with Crippen molar-refractivity contribution in [2.75, 3.05) is 27.3 Å². The van der Waals surface area contributed by atoms with Gasteiger partial charge in [0, 0.05) is 63.2 Å². The summed E-state index contributed by atoms with van der Waals surface area (Å²) < 4.78 is 0. The number of hydrogen-bond acceptors (Lipinski definition) is 11. The summed E-state index contributed by atoms with van der Waals surface area (Å²) in [5.74, 6) is -5.29. The largest absolute Gasteiger partial charge is 0.507 e. The molecule has 0 spiro atoms.